The zero-order valence-corrected chi connectivity index (χ0v) is 19.0. The van der Waals surface area contributed by atoms with Gasteiger partial charge in [-0.05, 0) is 51.7 Å². The van der Waals surface area contributed by atoms with Gasteiger partial charge in [0.15, 0.2) is 5.78 Å². The second-order valence-electron chi connectivity index (χ2n) is 9.27. The minimum atomic E-state index is -1.64. The maximum absolute atomic E-state index is 13.0. The van der Waals surface area contributed by atoms with E-state index >= 15 is 0 Å². The minimum absolute atomic E-state index is 0.304. The number of carbonyl (C=O) groups excluding carboxylic acids is 3. The van der Waals surface area contributed by atoms with Crippen molar-refractivity contribution in [3.63, 3.8) is 0 Å². The Morgan fingerprint density at radius 3 is 1.93 bits per heavy atom. The van der Waals surface area contributed by atoms with E-state index in [9.17, 15) is 19.5 Å². The number of ether oxygens (including phenoxy) is 2. The van der Waals surface area contributed by atoms with Crippen LogP contribution in [0.5, 0.6) is 0 Å². The number of hydrogen-bond acceptors (Lipinski definition) is 6. The third-order valence-electron chi connectivity index (χ3n) is 5.47. The first kappa shape index (κ1) is 24.1. The number of rotatable bonds is 6. The van der Waals surface area contributed by atoms with Crippen molar-refractivity contribution in [1.29, 1.82) is 0 Å². The SMILES string of the molecule is CC(C)OC(=O)[C@H]1C(=O)C[C@@](C)(O)[C@H](C(=O)OC(C)C)[C@@H]1c1ccc(C(C)C)cc1. The zero-order valence-electron chi connectivity index (χ0n) is 19.0. The second-order valence-corrected chi connectivity index (χ2v) is 9.27. The van der Waals surface area contributed by atoms with E-state index < -0.39 is 53.3 Å². The van der Waals surface area contributed by atoms with Crippen LogP contribution in [0.2, 0.25) is 0 Å². The fourth-order valence-electron chi connectivity index (χ4n) is 4.13. The number of esters is 2. The lowest BCUT2D eigenvalue weighted by Crippen LogP contribution is -2.55. The van der Waals surface area contributed by atoms with E-state index in [0.717, 1.165) is 5.56 Å². The molecule has 1 aromatic carbocycles. The highest BCUT2D eigenvalue weighted by atomic mass is 16.5. The first-order valence-corrected chi connectivity index (χ1v) is 10.6. The van der Waals surface area contributed by atoms with Gasteiger partial charge in [0, 0.05) is 12.3 Å². The Kier molecular flexibility index (Phi) is 7.45. The quantitative estimate of drug-likeness (QED) is 0.559. The van der Waals surface area contributed by atoms with Crippen molar-refractivity contribution in [3.8, 4) is 0 Å². The van der Waals surface area contributed by atoms with Crippen LogP contribution in [-0.4, -0.2) is 40.6 Å². The predicted molar refractivity (Wildman–Crippen MR) is 113 cm³/mol. The molecule has 1 N–H and O–H groups in total. The summed E-state index contributed by atoms with van der Waals surface area (Å²) in [6.07, 6.45) is -1.11. The number of benzene rings is 1. The fraction of sp³-hybridized carbons (Fsp3) is 0.625. The van der Waals surface area contributed by atoms with Gasteiger partial charge in [-0.2, -0.15) is 0 Å². The van der Waals surface area contributed by atoms with Crippen LogP contribution >= 0.6 is 0 Å². The van der Waals surface area contributed by atoms with Gasteiger partial charge in [-0.1, -0.05) is 38.1 Å². The van der Waals surface area contributed by atoms with Crippen LogP contribution in [0.15, 0.2) is 24.3 Å². The molecule has 0 aliphatic heterocycles. The monoisotopic (exact) mass is 418 g/mol. The molecule has 1 aromatic rings. The van der Waals surface area contributed by atoms with Gasteiger partial charge in [0.25, 0.3) is 0 Å². The van der Waals surface area contributed by atoms with Gasteiger partial charge in [0.1, 0.15) is 5.92 Å². The zero-order chi connectivity index (χ0) is 22.8. The normalized spacial score (nSPS) is 26.9. The molecule has 0 radical (unpaired) electrons. The Bertz CT molecular complexity index is 767. The molecule has 1 fully saturated rings. The number of ketones is 1. The molecule has 0 amide bonds. The van der Waals surface area contributed by atoms with E-state index in [0.29, 0.717) is 11.5 Å². The Balaban J connectivity index is 2.61. The summed E-state index contributed by atoms with van der Waals surface area (Å²) in [5, 5.41) is 11.1. The van der Waals surface area contributed by atoms with Gasteiger partial charge in [0.05, 0.1) is 23.7 Å². The maximum atomic E-state index is 13.0. The molecule has 6 heteroatoms. The van der Waals surface area contributed by atoms with Crippen LogP contribution in [0.25, 0.3) is 0 Å². The number of aliphatic hydroxyl groups is 1. The number of Topliss-reactive ketones (excluding diaryl/α,β-unsaturated/α-hetero) is 1. The van der Waals surface area contributed by atoms with E-state index in [1.165, 1.54) is 6.92 Å². The van der Waals surface area contributed by atoms with Crippen molar-refractivity contribution < 1.29 is 29.0 Å². The molecule has 0 heterocycles. The van der Waals surface area contributed by atoms with Crippen LogP contribution in [0.1, 0.15) is 77.8 Å². The Hall–Kier alpha value is -2.21. The lowest BCUT2D eigenvalue weighted by molar-refractivity contribution is -0.176. The Morgan fingerprint density at radius 2 is 1.47 bits per heavy atom. The van der Waals surface area contributed by atoms with Gasteiger partial charge in [0.2, 0.25) is 0 Å². The van der Waals surface area contributed by atoms with Crippen LogP contribution in [0.4, 0.5) is 0 Å². The highest BCUT2D eigenvalue weighted by molar-refractivity contribution is 6.02. The van der Waals surface area contributed by atoms with Crippen LogP contribution in [0.3, 0.4) is 0 Å². The first-order valence-electron chi connectivity index (χ1n) is 10.6. The van der Waals surface area contributed by atoms with Crippen LogP contribution in [-0.2, 0) is 23.9 Å². The maximum Gasteiger partial charge on any atom is 0.317 e. The number of hydrogen-bond donors (Lipinski definition) is 1. The summed E-state index contributed by atoms with van der Waals surface area (Å²) >= 11 is 0. The van der Waals surface area contributed by atoms with Gasteiger partial charge in [-0.25, -0.2) is 0 Å². The van der Waals surface area contributed by atoms with Crippen molar-refractivity contribution in [1.82, 2.24) is 0 Å². The molecular weight excluding hydrogens is 384 g/mol. The smallest absolute Gasteiger partial charge is 0.317 e. The third kappa shape index (κ3) is 5.28. The molecule has 0 bridgehead atoms. The molecule has 0 saturated heterocycles. The lowest BCUT2D eigenvalue weighted by Gasteiger charge is -2.44. The predicted octanol–water partition coefficient (Wildman–Crippen LogP) is 3.75. The Labute approximate surface area is 179 Å². The fourth-order valence-corrected chi connectivity index (χ4v) is 4.13. The molecule has 0 spiro atoms. The highest BCUT2D eigenvalue weighted by Gasteiger charge is 2.57. The largest absolute Gasteiger partial charge is 0.463 e. The second kappa shape index (κ2) is 9.29. The summed E-state index contributed by atoms with van der Waals surface area (Å²) in [6.45, 7) is 12.4. The van der Waals surface area contributed by atoms with E-state index in [2.05, 4.69) is 13.8 Å². The van der Waals surface area contributed by atoms with Crippen molar-refractivity contribution in [2.75, 3.05) is 0 Å². The summed E-state index contributed by atoms with van der Waals surface area (Å²) < 4.78 is 10.8. The van der Waals surface area contributed by atoms with E-state index in [4.69, 9.17) is 9.47 Å². The average Bonchev–Trinajstić information content (AvgIpc) is 2.58. The molecule has 0 unspecified atom stereocenters. The Morgan fingerprint density at radius 1 is 0.967 bits per heavy atom. The molecule has 0 aromatic heterocycles. The number of carbonyl (C=O) groups is 3. The van der Waals surface area contributed by atoms with E-state index in [-0.39, 0.29) is 6.42 Å². The summed E-state index contributed by atoms with van der Waals surface area (Å²) in [5.41, 5.74) is 0.0818. The molecule has 1 aliphatic carbocycles. The van der Waals surface area contributed by atoms with E-state index in [1.807, 2.05) is 24.3 Å². The minimum Gasteiger partial charge on any atom is -0.463 e. The summed E-state index contributed by atoms with van der Waals surface area (Å²) in [4.78, 5) is 38.9. The van der Waals surface area contributed by atoms with E-state index in [1.54, 1.807) is 27.7 Å². The molecular formula is C24H34O6. The average molecular weight is 419 g/mol. The third-order valence-corrected chi connectivity index (χ3v) is 5.47. The van der Waals surface area contributed by atoms with Crippen LogP contribution in [0, 0.1) is 11.8 Å². The van der Waals surface area contributed by atoms with Crippen molar-refractivity contribution in [2.24, 2.45) is 11.8 Å². The molecule has 4 atom stereocenters. The van der Waals surface area contributed by atoms with Crippen molar-refractivity contribution in [2.45, 2.75) is 84.5 Å². The van der Waals surface area contributed by atoms with Crippen LogP contribution < -0.4 is 0 Å². The van der Waals surface area contributed by atoms with Gasteiger partial charge < -0.3 is 14.6 Å². The lowest BCUT2D eigenvalue weighted by atomic mass is 9.61. The standard InChI is InChI=1S/C24H34O6/c1-13(2)16-8-10-17(11-9-16)19-20(22(26)29-14(3)4)18(25)12-24(7,28)21(19)23(27)30-15(5)6/h8-11,13-15,19-21,28H,12H2,1-7H3/t19-,20+,21+,24-/m1/s1. The molecule has 2 rings (SSSR count). The molecule has 1 saturated carbocycles. The van der Waals surface area contributed by atoms with Gasteiger partial charge >= 0.3 is 11.9 Å². The molecule has 166 valence electrons. The molecule has 30 heavy (non-hydrogen) atoms. The van der Waals surface area contributed by atoms with Gasteiger partial charge in [-0.15, -0.1) is 0 Å². The molecule has 6 nitrogen and oxygen atoms in total. The summed E-state index contributed by atoms with van der Waals surface area (Å²) in [6, 6.07) is 7.48. The highest BCUT2D eigenvalue weighted by Crippen LogP contribution is 2.47. The van der Waals surface area contributed by atoms with Gasteiger partial charge in [-0.3, -0.25) is 14.4 Å². The summed E-state index contributed by atoms with van der Waals surface area (Å²) in [7, 11) is 0. The topological polar surface area (TPSA) is 89.9 Å². The molecule has 1 aliphatic rings. The van der Waals surface area contributed by atoms with Crippen molar-refractivity contribution >= 4 is 17.7 Å². The van der Waals surface area contributed by atoms with Crippen molar-refractivity contribution in [3.05, 3.63) is 35.4 Å². The first-order chi connectivity index (χ1) is 13.8. The summed E-state index contributed by atoms with van der Waals surface area (Å²) in [5.74, 6) is -4.56.